The van der Waals surface area contributed by atoms with Crippen LogP contribution in [-0.2, 0) is 4.74 Å². The highest BCUT2D eigenvalue weighted by atomic mass is 16.5. The van der Waals surface area contributed by atoms with E-state index in [1.54, 1.807) is 0 Å². The van der Waals surface area contributed by atoms with E-state index in [0.717, 1.165) is 12.5 Å². The van der Waals surface area contributed by atoms with Crippen molar-refractivity contribution in [1.29, 1.82) is 0 Å². The van der Waals surface area contributed by atoms with Crippen LogP contribution in [0.2, 0.25) is 0 Å². The molecule has 0 atom stereocenters. The summed E-state index contributed by atoms with van der Waals surface area (Å²) in [5.74, 6) is 0.946. The van der Waals surface area contributed by atoms with E-state index >= 15 is 0 Å². The maximum absolute atomic E-state index is 5.87. The lowest BCUT2D eigenvalue weighted by molar-refractivity contribution is -0.0536. The second-order valence-electron chi connectivity index (χ2n) is 5.57. The molecule has 0 amide bonds. The fourth-order valence-corrected chi connectivity index (χ4v) is 3.12. The highest BCUT2D eigenvalue weighted by Gasteiger charge is 2.50. The van der Waals surface area contributed by atoms with Gasteiger partial charge in [-0.05, 0) is 39.0 Å². The van der Waals surface area contributed by atoms with Crippen molar-refractivity contribution >= 4 is 0 Å². The summed E-state index contributed by atoms with van der Waals surface area (Å²) in [6.07, 6.45) is 6.90. The topological polar surface area (TPSA) is 9.23 Å². The van der Waals surface area contributed by atoms with Crippen molar-refractivity contribution < 1.29 is 4.74 Å². The maximum Gasteiger partial charge on any atom is 0.0683 e. The third-order valence-electron chi connectivity index (χ3n) is 4.55. The third kappa shape index (κ3) is 1.41. The maximum atomic E-state index is 5.87. The normalized spacial score (nSPS) is 44.1. The smallest absolute Gasteiger partial charge is 0.0683 e. The van der Waals surface area contributed by atoms with Gasteiger partial charge in [-0.15, -0.1) is 0 Å². The Hall–Kier alpha value is -0.0400. The summed E-state index contributed by atoms with van der Waals surface area (Å²) in [5.41, 5.74) is 0.673. The molecular formula is C12H22O. The van der Waals surface area contributed by atoms with E-state index in [1.807, 2.05) is 0 Å². The van der Waals surface area contributed by atoms with Crippen LogP contribution in [0.4, 0.5) is 0 Å². The Balaban J connectivity index is 2.12. The van der Waals surface area contributed by atoms with Crippen molar-refractivity contribution in [3.05, 3.63) is 0 Å². The molecule has 0 aromatic carbocycles. The summed E-state index contributed by atoms with van der Waals surface area (Å²) in [7, 11) is 0. The van der Waals surface area contributed by atoms with Crippen molar-refractivity contribution in [3.8, 4) is 0 Å². The van der Waals surface area contributed by atoms with Gasteiger partial charge >= 0.3 is 0 Å². The zero-order valence-electron chi connectivity index (χ0n) is 9.23. The first-order chi connectivity index (χ1) is 6.06. The molecule has 0 aromatic rings. The van der Waals surface area contributed by atoms with E-state index in [2.05, 4.69) is 20.8 Å². The van der Waals surface area contributed by atoms with Gasteiger partial charge in [0.15, 0.2) is 0 Å². The highest BCUT2D eigenvalue weighted by molar-refractivity contribution is 5.00. The predicted octanol–water partition coefficient (Wildman–Crippen LogP) is 3.38. The summed E-state index contributed by atoms with van der Waals surface area (Å²) in [6.45, 7) is 7.95. The Labute approximate surface area is 81.9 Å². The van der Waals surface area contributed by atoms with E-state index in [9.17, 15) is 0 Å². The van der Waals surface area contributed by atoms with Gasteiger partial charge in [0.05, 0.1) is 5.60 Å². The molecule has 1 heterocycles. The average molecular weight is 182 g/mol. The van der Waals surface area contributed by atoms with Gasteiger partial charge in [-0.25, -0.2) is 0 Å². The molecule has 1 saturated carbocycles. The monoisotopic (exact) mass is 182 g/mol. The Morgan fingerprint density at radius 1 is 1.08 bits per heavy atom. The minimum atomic E-state index is 0.146. The zero-order valence-corrected chi connectivity index (χ0v) is 9.23. The number of rotatable bonds is 0. The van der Waals surface area contributed by atoms with Crippen molar-refractivity contribution in [2.75, 3.05) is 6.61 Å². The van der Waals surface area contributed by atoms with Crippen LogP contribution in [0.1, 0.15) is 52.9 Å². The lowest BCUT2D eigenvalue weighted by Gasteiger charge is -2.44. The van der Waals surface area contributed by atoms with Crippen molar-refractivity contribution in [2.45, 2.75) is 58.5 Å². The molecule has 13 heavy (non-hydrogen) atoms. The van der Waals surface area contributed by atoms with Crippen molar-refractivity contribution in [3.63, 3.8) is 0 Å². The van der Waals surface area contributed by atoms with Crippen LogP contribution in [-0.4, -0.2) is 12.2 Å². The first-order valence-corrected chi connectivity index (χ1v) is 5.70. The van der Waals surface area contributed by atoms with Gasteiger partial charge in [0.25, 0.3) is 0 Å². The number of hydrogen-bond donors (Lipinski definition) is 0. The summed E-state index contributed by atoms with van der Waals surface area (Å²) in [6, 6.07) is 0. The Bertz CT molecular complexity index is 187. The first-order valence-electron chi connectivity index (χ1n) is 5.70. The van der Waals surface area contributed by atoms with Gasteiger partial charge in [0.1, 0.15) is 0 Å². The first kappa shape index (κ1) is 9.51. The highest BCUT2D eigenvalue weighted by Crippen LogP contribution is 2.53. The fourth-order valence-electron chi connectivity index (χ4n) is 3.12. The van der Waals surface area contributed by atoms with Crippen LogP contribution in [0.5, 0.6) is 0 Å². The zero-order chi connectivity index (χ0) is 9.53. The van der Waals surface area contributed by atoms with Crippen LogP contribution in [0.25, 0.3) is 0 Å². The number of ether oxygens (including phenoxy) is 1. The van der Waals surface area contributed by atoms with Crippen molar-refractivity contribution in [2.24, 2.45) is 11.3 Å². The molecule has 1 saturated heterocycles. The lowest BCUT2D eigenvalue weighted by Crippen LogP contribution is -2.42. The SMILES string of the molecule is CC1CCC2(CCOC2(C)C)CC1. The van der Waals surface area contributed by atoms with Gasteiger partial charge in [0.2, 0.25) is 0 Å². The summed E-state index contributed by atoms with van der Waals surface area (Å²) < 4.78 is 5.87. The number of hydrogen-bond acceptors (Lipinski definition) is 1. The molecular weight excluding hydrogens is 160 g/mol. The Morgan fingerprint density at radius 3 is 2.15 bits per heavy atom. The van der Waals surface area contributed by atoms with Crippen LogP contribution in [0.3, 0.4) is 0 Å². The van der Waals surface area contributed by atoms with Crippen LogP contribution < -0.4 is 0 Å². The summed E-state index contributed by atoms with van der Waals surface area (Å²) in [5, 5.41) is 0. The molecule has 0 aromatic heterocycles. The summed E-state index contributed by atoms with van der Waals surface area (Å²) in [4.78, 5) is 0. The molecule has 1 nitrogen and oxygen atoms in total. The van der Waals surface area contributed by atoms with E-state index < -0.39 is 0 Å². The molecule has 1 aliphatic carbocycles. The quantitative estimate of drug-likeness (QED) is 0.558. The second kappa shape index (κ2) is 2.98. The van der Waals surface area contributed by atoms with E-state index in [-0.39, 0.29) is 5.60 Å². The molecule has 0 unspecified atom stereocenters. The van der Waals surface area contributed by atoms with E-state index in [0.29, 0.717) is 5.41 Å². The minimum Gasteiger partial charge on any atom is -0.375 e. The van der Waals surface area contributed by atoms with E-state index in [4.69, 9.17) is 4.74 Å². The standard InChI is InChI=1S/C12H22O/c1-10-4-6-12(7-5-10)8-9-13-11(12,2)3/h10H,4-9H2,1-3H3. The molecule has 76 valence electrons. The molecule has 1 aliphatic heterocycles. The van der Waals surface area contributed by atoms with Gasteiger partial charge < -0.3 is 4.74 Å². The molecule has 1 heteroatoms. The van der Waals surface area contributed by atoms with Crippen molar-refractivity contribution in [1.82, 2.24) is 0 Å². The lowest BCUT2D eigenvalue weighted by atomic mass is 9.62. The van der Waals surface area contributed by atoms with Gasteiger partial charge in [-0.1, -0.05) is 19.8 Å². The van der Waals surface area contributed by atoms with Gasteiger partial charge in [0, 0.05) is 12.0 Å². The largest absolute Gasteiger partial charge is 0.375 e. The second-order valence-corrected chi connectivity index (χ2v) is 5.57. The van der Waals surface area contributed by atoms with Gasteiger partial charge in [-0.2, -0.15) is 0 Å². The molecule has 0 bridgehead atoms. The molecule has 2 fully saturated rings. The molecule has 0 radical (unpaired) electrons. The molecule has 1 spiro atoms. The van der Waals surface area contributed by atoms with Gasteiger partial charge in [-0.3, -0.25) is 0 Å². The third-order valence-corrected chi connectivity index (χ3v) is 4.55. The minimum absolute atomic E-state index is 0.146. The molecule has 2 rings (SSSR count). The summed E-state index contributed by atoms with van der Waals surface area (Å²) >= 11 is 0. The average Bonchev–Trinajstić information content (AvgIpc) is 2.34. The predicted molar refractivity (Wildman–Crippen MR) is 54.7 cm³/mol. The van der Waals surface area contributed by atoms with Crippen LogP contribution in [0.15, 0.2) is 0 Å². The molecule has 2 aliphatic rings. The van der Waals surface area contributed by atoms with Crippen LogP contribution >= 0.6 is 0 Å². The van der Waals surface area contributed by atoms with Crippen LogP contribution in [0, 0.1) is 11.3 Å². The molecule has 0 N–H and O–H groups in total. The Kier molecular flexibility index (Phi) is 2.18. The Morgan fingerprint density at radius 2 is 1.69 bits per heavy atom. The fraction of sp³-hybridized carbons (Fsp3) is 1.00. The van der Waals surface area contributed by atoms with E-state index in [1.165, 1.54) is 32.1 Å².